The summed E-state index contributed by atoms with van der Waals surface area (Å²) in [4.78, 5) is 24.2. The lowest BCUT2D eigenvalue weighted by Gasteiger charge is -2.22. The number of halogens is 3. The number of anilines is 2. The quantitative estimate of drug-likeness (QED) is 0.241. The lowest BCUT2D eigenvalue weighted by molar-refractivity contribution is 0.0690. The van der Waals surface area contributed by atoms with Crippen molar-refractivity contribution in [3.8, 4) is 0 Å². The summed E-state index contributed by atoms with van der Waals surface area (Å²) in [5, 5.41) is 18.2. The molecule has 0 atom stereocenters. The van der Waals surface area contributed by atoms with Gasteiger partial charge in [0.05, 0.1) is 16.8 Å². The Kier molecular flexibility index (Phi) is 9.02. The Bertz CT molecular complexity index is 1030. The molecule has 0 bridgehead atoms. The van der Waals surface area contributed by atoms with E-state index in [0.717, 1.165) is 34.6 Å². The van der Waals surface area contributed by atoms with Crippen LogP contribution in [-0.2, 0) is 0 Å². The van der Waals surface area contributed by atoms with E-state index in [-0.39, 0.29) is 11.3 Å². The van der Waals surface area contributed by atoms with Gasteiger partial charge >= 0.3 is 5.97 Å². The zero-order valence-corrected chi connectivity index (χ0v) is 20.6. The molecule has 1 saturated carbocycles. The number of hydrogen-bond donors (Lipinski definition) is 4. The SMILES string of the molecule is Cc1cc(I)ccc1Nc1c(C(=O)NCCCNC2CCCCC2)cc(C(=O)O)c(F)c1F. The molecule has 0 radical (unpaired) electrons. The summed E-state index contributed by atoms with van der Waals surface area (Å²) in [5.41, 5.74) is -0.280. The third-order valence-corrected chi connectivity index (χ3v) is 6.48. The number of nitrogens with one attached hydrogen (secondary N) is 3. The molecule has 0 heterocycles. The molecule has 1 amide bonds. The fraction of sp³-hybridized carbons (Fsp3) is 0.417. The Labute approximate surface area is 205 Å². The highest BCUT2D eigenvalue weighted by Gasteiger charge is 2.26. The van der Waals surface area contributed by atoms with E-state index >= 15 is 0 Å². The largest absolute Gasteiger partial charge is 0.478 e. The van der Waals surface area contributed by atoms with E-state index in [9.17, 15) is 23.5 Å². The molecule has 178 valence electrons. The van der Waals surface area contributed by atoms with Crippen LogP contribution in [0.5, 0.6) is 0 Å². The number of carbonyl (C=O) groups excluding carboxylic acids is 1. The Morgan fingerprint density at radius 2 is 1.79 bits per heavy atom. The summed E-state index contributed by atoms with van der Waals surface area (Å²) < 4.78 is 30.3. The third-order valence-electron chi connectivity index (χ3n) is 5.81. The van der Waals surface area contributed by atoms with Crippen molar-refractivity contribution in [3.05, 3.63) is 56.2 Å². The molecule has 0 aliphatic heterocycles. The first kappa shape index (κ1) is 25.4. The zero-order chi connectivity index (χ0) is 24.0. The van der Waals surface area contributed by atoms with Crippen LogP contribution in [0.4, 0.5) is 20.2 Å². The normalized spacial score (nSPS) is 14.2. The van der Waals surface area contributed by atoms with E-state index in [2.05, 4.69) is 38.5 Å². The molecule has 4 N–H and O–H groups in total. The molecule has 0 saturated heterocycles. The van der Waals surface area contributed by atoms with Crippen molar-refractivity contribution in [2.75, 3.05) is 18.4 Å². The van der Waals surface area contributed by atoms with Crippen molar-refractivity contribution in [2.45, 2.75) is 51.5 Å². The maximum absolute atomic E-state index is 14.9. The van der Waals surface area contributed by atoms with Gasteiger partial charge in [0, 0.05) is 21.8 Å². The fourth-order valence-corrected chi connectivity index (χ4v) is 4.63. The van der Waals surface area contributed by atoms with Gasteiger partial charge in [-0.1, -0.05) is 19.3 Å². The molecular weight excluding hydrogens is 543 g/mol. The van der Waals surface area contributed by atoms with Crippen LogP contribution >= 0.6 is 22.6 Å². The van der Waals surface area contributed by atoms with Crippen molar-refractivity contribution in [1.82, 2.24) is 10.6 Å². The van der Waals surface area contributed by atoms with Crippen molar-refractivity contribution in [1.29, 1.82) is 0 Å². The minimum Gasteiger partial charge on any atom is -0.478 e. The highest BCUT2D eigenvalue weighted by atomic mass is 127. The summed E-state index contributed by atoms with van der Waals surface area (Å²) in [7, 11) is 0. The Morgan fingerprint density at radius 3 is 2.45 bits per heavy atom. The average Bonchev–Trinajstić information content (AvgIpc) is 2.78. The molecule has 2 aromatic rings. The summed E-state index contributed by atoms with van der Waals surface area (Å²) in [6.07, 6.45) is 6.71. The second-order valence-corrected chi connectivity index (χ2v) is 9.51. The minimum atomic E-state index is -1.64. The van der Waals surface area contributed by atoms with E-state index < -0.39 is 29.1 Å². The maximum atomic E-state index is 14.9. The minimum absolute atomic E-state index is 0.260. The lowest BCUT2D eigenvalue weighted by atomic mass is 9.95. The lowest BCUT2D eigenvalue weighted by Crippen LogP contribution is -2.34. The number of amides is 1. The van der Waals surface area contributed by atoms with E-state index in [0.29, 0.717) is 24.7 Å². The van der Waals surface area contributed by atoms with Crippen LogP contribution in [0.3, 0.4) is 0 Å². The Balaban J connectivity index is 1.75. The van der Waals surface area contributed by atoms with Crippen molar-refractivity contribution >= 4 is 45.8 Å². The topological polar surface area (TPSA) is 90.5 Å². The molecule has 1 aliphatic rings. The predicted octanol–water partition coefficient (Wildman–Crippen LogP) is 5.36. The van der Waals surface area contributed by atoms with Gasteiger partial charge in [0.25, 0.3) is 5.91 Å². The number of carboxylic acid groups (broad SMARTS) is 1. The summed E-state index contributed by atoms with van der Waals surface area (Å²) >= 11 is 2.13. The van der Waals surface area contributed by atoms with Crippen LogP contribution in [0.15, 0.2) is 24.3 Å². The second kappa shape index (κ2) is 11.7. The number of rotatable bonds is 9. The molecule has 9 heteroatoms. The number of carboxylic acids is 1. The van der Waals surface area contributed by atoms with Gasteiger partial charge < -0.3 is 21.1 Å². The van der Waals surface area contributed by atoms with Crippen LogP contribution in [0.1, 0.15) is 64.8 Å². The number of benzene rings is 2. The number of hydrogen-bond acceptors (Lipinski definition) is 4. The van der Waals surface area contributed by atoms with E-state index in [1.54, 1.807) is 19.1 Å². The van der Waals surface area contributed by atoms with Gasteiger partial charge in [-0.15, -0.1) is 0 Å². The van der Waals surface area contributed by atoms with Gasteiger partial charge in [0.1, 0.15) is 0 Å². The fourth-order valence-electron chi connectivity index (χ4n) is 3.98. The van der Waals surface area contributed by atoms with Crippen LogP contribution < -0.4 is 16.0 Å². The number of aryl methyl sites for hydroxylation is 1. The summed E-state index contributed by atoms with van der Waals surface area (Å²) in [6, 6.07) is 6.71. The van der Waals surface area contributed by atoms with Gasteiger partial charge in [-0.3, -0.25) is 4.79 Å². The molecule has 0 unspecified atom stereocenters. The maximum Gasteiger partial charge on any atom is 0.338 e. The van der Waals surface area contributed by atoms with Crippen molar-refractivity contribution in [3.63, 3.8) is 0 Å². The molecule has 1 fully saturated rings. The molecule has 1 aliphatic carbocycles. The van der Waals surface area contributed by atoms with Crippen LogP contribution in [0.2, 0.25) is 0 Å². The average molecular weight is 571 g/mol. The highest BCUT2D eigenvalue weighted by Crippen LogP contribution is 2.31. The Hall–Kier alpha value is -2.27. The molecular formula is C24H28F2IN3O3. The first-order chi connectivity index (χ1) is 15.8. The smallest absolute Gasteiger partial charge is 0.338 e. The monoisotopic (exact) mass is 571 g/mol. The van der Waals surface area contributed by atoms with Crippen LogP contribution in [-0.4, -0.2) is 36.1 Å². The van der Waals surface area contributed by atoms with Crippen LogP contribution in [0, 0.1) is 22.1 Å². The zero-order valence-electron chi connectivity index (χ0n) is 18.4. The molecule has 0 spiro atoms. The number of carbonyl (C=O) groups is 2. The summed E-state index contributed by atoms with van der Waals surface area (Å²) in [5.74, 6) is -5.23. The van der Waals surface area contributed by atoms with Gasteiger partial charge in [0.2, 0.25) is 0 Å². The first-order valence-electron chi connectivity index (χ1n) is 11.1. The predicted molar refractivity (Wildman–Crippen MR) is 132 cm³/mol. The number of aromatic carboxylic acids is 1. The van der Waals surface area contributed by atoms with Gasteiger partial charge in [-0.25, -0.2) is 13.6 Å². The van der Waals surface area contributed by atoms with Crippen molar-refractivity contribution in [2.24, 2.45) is 0 Å². The third kappa shape index (κ3) is 6.63. The highest BCUT2D eigenvalue weighted by molar-refractivity contribution is 14.1. The van der Waals surface area contributed by atoms with E-state index in [4.69, 9.17) is 0 Å². The van der Waals surface area contributed by atoms with Gasteiger partial charge in [-0.2, -0.15) is 0 Å². The first-order valence-corrected chi connectivity index (χ1v) is 12.2. The second-order valence-electron chi connectivity index (χ2n) is 8.26. The molecule has 33 heavy (non-hydrogen) atoms. The van der Waals surface area contributed by atoms with Gasteiger partial charge in [0.15, 0.2) is 11.6 Å². The van der Waals surface area contributed by atoms with Crippen LogP contribution in [0.25, 0.3) is 0 Å². The standard InChI is InChI=1S/C24H28F2IN3O3/c1-14-12-15(27)8-9-19(14)30-22-18(13-17(24(32)33)20(25)21(22)26)23(31)29-11-5-10-28-16-6-3-2-4-7-16/h8-9,12-13,16,28,30H,2-7,10-11H2,1H3,(H,29,31)(H,32,33). The summed E-state index contributed by atoms with van der Waals surface area (Å²) in [6.45, 7) is 2.85. The van der Waals surface area contributed by atoms with E-state index in [1.165, 1.54) is 19.3 Å². The van der Waals surface area contributed by atoms with E-state index in [1.807, 2.05) is 6.07 Å². The Morgan fingerprint density at radius 1 is 1.06 bits per heavy atom. The van der Waals surface area contributed by atoms with Crippen molar-refractivity contribution < 1.29 is 23.5 Å². The molecule has 6 nitrogen and oxygen atoms in total. The molecule has 2 aromatic carbocycles. The molecule has 0 aromatic heterocycles. The van der Waals surface area contributed by atoms with Gasteiger partial charge in [-0.05, 0) is 85.2 Å². The molecule has 3 rings (SSSR count).